The molecule has 3 rings (SSSR count). The number of rotatable bonds is 3. The summed E-state index contributed by atoms with van der Waals surface area (Å²) in [5.41, 5.74) is 7.84. The maximum atomic E-state index is 5.69. The van der Waals surface area contributed by atoms with Crippen molar-refractivity contribution in [3.05, 3.63) is 39.7 Å². The first-order valence-corrected chi connectivity index (χ1v) is 6.64. The van der Waals surface area contributed by atoms with Crippen LogP contribution in [0.1, 0.15) is 5.56 Å². The predicted octanol–water partition coefficient (Wildman–Crippen LogP) is 2.12. The molecular weight excluding hydrogens is 357 g/mol. The molecule has 0 fully saturated rings. The van der Waals surface area contributed by atoms with Crippen molar-refractivity contribution in [2.75, 3.05) is 5.73 Å². The van der Waals surface area contributed by atoms with Gasteiger partial charge in [0, 0.05) is 3.57 Å². The highest BCUT2D eigenvalue weighted by atomic mass is 127. The predicted molar refractivity (Wildman–Crippen MR) is 79.6 cm³/mol. The van der Waals surface area contributed by atoms with Gasteiger partial charge in [-0.05, 0) is 40.3 Å². The van der Waals surface area contributed by atoms with E-state index < -0.39 is 0 Å². The number of aromatic nitrogens is 4. The third-order valence-electron chi connectivity index (χ3n) is 2.53. The van der Waals surface area contributed by atoms with Gasteiger partial charge < -0.3 is 15.5 Å². The average molecular weight is 367 g/mol. The number of hydrogen-bond acceptors (Lipinski definition) is 5. The lowest BCUT2D eigenvalue weighted by atomic mass is 10.2. The van der Waals surface area contributed by atoms with Gasteiger partial charge in [0.05, 0.1) is 6.33 Å². The Kier molecular flexibility index (Phi) is 3.20. The average Bonchev–Trinajstić information content (AvgIpc) is 2.84. The summed E-state index contributed by atoms with van der Waals surface area (Å²) in [5, 5.41) is 0. The minimum absolute atomic E-state index is 0.150. The SMILES string of the molecule is Nc1nc(OCc2cccc(I)c2)c2[nH]cnc2n1. The second-order valence-electron chi connectivity index (χ2n) is 3.91. The van der Waals surface area contributed by atoms with E-state index >= 15 is 0 Å². The maximum absolute atomic E-state index is 5.69. The third-order valence-corrected chi connectivity index (χ3v) is 3.21. The summed E-state index contributed by atoms with van der Waals surface area (Å²) in [7, 11) is 0. The van der Waals surface area contributed by atoms with E-state index in [0.29, 0.717) is 23.7 Å². The number of H-pyrrole nitrogens is 1. The summed E-state index contributed by atoms with van der Waals surface area (Å²) in [5.74, 6) is 0.566. The number of nitrogens with zero attached hydrogens (tertiary/aromatic N) is 3. The van der Waals surface area contributed by atoms with Crippen LogP contribution < -0.4 is 10.5 Å². The smallest absolute Gasteiger partial charge is 0.245 e. The molecule has 0 bridgehead atoms. The number of fused-ring (bicyclic) bond motifs is 1. The number of ether oxygens (including phenoxy) is 1. The molecule has 2 aromatic heterocycles. The topological polar surface area (TPSA) is 89.7 Å². The molecule has 2 heterocycles. The van der Waals surface area contributed by atoms with Gasteiger partial charge in [0.1, 0.15) is 12.1 Å². The molecule has 96 valence electrons. The summed E-state index contributed by atoms with van der Waals surface area (Å²) in [4.78, 5) is 15.1. The van der Waals surface area contributed by atoms with Gasteiger partial charge in [0.25, 0.3) is 0 Å². The van der Waals surface area contributed by atoms with Crippen molar-refractivity contribution in [2.24, 2.45) is 0 Å². The Balaban J connectivity index is 1.87. The van der Waals surface area contributed by atoms with E-state index in [1.54, 1.807) is 0 Å². The maximum Gasteiger partial charge on any atom is 0.245 e. The lowest BCUT2D eigenvalue weighted by Crippen LogP contribution is -2.02. The van der Waals surface area contributed by atoms with Crippen LogP contribution in [0.5, 0.6) is 5.88 Å². The van der Waals surface area contributed by atoms with Gasteiger partial charge >= 0.3 is 0 Å². The Morgan fingerprint density at radius 3 is 3.05 bits per heavy atom. The molecule has 0 aliphatic heterocycles. The van der Waals surface area contributed by atoms with Crippen LogP contribution >= 0.6 is 22.6 Å². The highest BCUT2D eigenvalue weighted by Gasteiger charge is 2.09. The fraction of sp³-hybridized carbons (Fsp3) is 0.0833. The van der Waals surface area contributed by atoms with Crippen LogP contribution in [0.3, 0.4) is 0 Å². The van der Waals surface area contributed by atoms with Crippen molar-refractivity contribution in [1.82, 2.24) is 19.9 Å². The Labute approximate surface area is 122 Å². The zero-order valence-corrected chi connectivity index (χ0v) is 12.0. The quantitative estimate of drug-likeness (QED) is 0.693. The molecule has 1 aromatic carbocycles. The lowest BCUT2D eigenvalue weighted by molar-refractivity contribution is 0.297. The molecule has 0 saturated carbocycles. The van der Waals surface area contributed by atoms with Crippen LogP contribution in [0.2, 0.25) is 0 Å². The first-order valence-electron chi connectivity index (χ1n) is 5.56. The van der Waals surface area contributed by atoms with Gasteiger partial charge in [-0.25, -0.2) is 4.98 Å². The fourth-order valence-corrected chi connectivity index (χ4v) is 2.31. The van der Waals surface area contributed by atoms with Crippen LogP contribution in [-0.4, -0.2) is 19.9 Å². The summed E-state index contributed by atoms with van der Waals surface area (Å²) in [6.45, 7) is 0.418. The second kappa shape index (κ2) is 5.00. The van der Waals surface area contributed by atoms with E-state index in [1.807, 2.05) is 18.2 Å². The Morgan fingerprint density at radius 1 is 1.32 bits per heavy atom. The normalized spacial score (nSPS) is 10.8. The van der Waals surface area contributed by atoms with Crippen molar-refractivity contribution in [3.8, 4) is 5.88 Å². The minimum atomic E-state index is 0.150. The van der Waals surface area contributed by atoms with Crippen LogP contribution in [0, 0.1) is 3.57 Å². The van der Waals surface area contributed by atoms with Gasteiger partial charge in [-0.15, -0.1) is 0 Å². The van der Waals surface area contributed by atoms with E-state index in [9.17, 15) is 0 Å². The van der Waals surface area contributed by atoms with E-state index in [1.165, 1.54) is 6.33 Å². The molecule has 0 amide bonds. The number of nitrogens with one attached hydrogen (secondary N) is 1. The summed E-state index contributed by atoms with van der Waals surface area (Å²) < 4.78 is 6.85. The molecule has 3 aromatic rings. The van der Waals surface area contributed by atoms with Gasteiger partial charge in [-0.1, -0.05) is 12.1 Å². The summed E-state index contributed by atoms with van der Waals surface area (Å²) in [6, 6.07) is 8.06. The largest absolute Gasteiger partial charge is 0.471 e. The summed E-state index contributed by atoms with van der Waals surface area (Å²) in [6.07, 6.45) is 1.54. The van der Waals surface area contributed by atoms with Crippen molar-refractivity contribution < 1.29 is 4.74 Å². The first-order chi connectivity index (χ1) is 9.22. The van der Waals surface area contributed by atoms with Crippen LogP contribution in [-0.2, 0) is 6.61 Å². The molecule has 0 atom stereocenters. The molecule has 0 radical (unpaired) electrons. The highest BCUT2D eigenvalue weighted by molar-refractivity contribution is 14.1. The molecule has 0 spiro atoms. The third kappa shape index (κ3) is 2.60. The number of anilines is 1. The number of nitrogen functional groups attached to an aromatic ring is 1. The molecule has 19 heavy (non-hydrogen) atoms. The highest BCUT2D eigenvalue weighted by Crippen LogP contribution is 2.21. The molecular formula is C12H10IN5O. The van der Waals surface area contributed by atoms with Crippen LogP contribution in [0.25, 0.3) is 11.2 Å². The fourth-order valence-electron chi connectivity index (χ4n) is 1.71. The second-order valence-corrected chi connectivity index (χ2v) is 5.15. The zero-order valence-electron chi connectivity index (χ0n) is 9.80. The number of hydrogen-bond donors (Lipinski definition) is 2. The molecule has 0 saturated heterocycles. The molecule has 0 aliphatic carbocycles. The van der Waals surface area contributed by atoms with E-state index in [2.05, 4.69) is 48.6 Å². The van der Waals surface area contributed by atoms with Gasteiger partial charge in [0.15, 0.2) is 5.65 Å². The standard InChI is InChI=1S/C12H10IN5O/c13-8-3-1-2-7(4-8)5-19-11-9-10(16-6-15-9)17-12(14)18-11/h1-4,6H,5H2,(H3,14,15,16,17,18). The number of aromatic amines is 1. The van der Waals surface area contributed by atoms with Gasteiger partial charge in [-0.3, -0.25) is 0 Å². The lowest BCUT2D eigenvalue weighted by Gasteiger charge is -2.06. The first kappa shape index (κ1) is 12.2. The van der Waals surface area contributed by atoms with E-state index in [-0.39, 0.29) is 5.95 Å². The number of benzene rings is 1. The number of halogens is 1. The van der Waals surface area contributed by atoms with Crippen molar-refractivity contribution in [1.29, 1.82) is 0 Å². The van der Waals surface area contributed by atoms with Crippen LogP contribution in [0.15, 0.2) is 30.6 Å². The molecule has 0 unspecified atom stereocenters. The molecule has 3 N–H and O–H groups in total. The van der Waals surface area contributed by atoms with Gasteiger partial charge in [-0.2, -0.15) is 9.97 Å². The Hall–Kier alpha value is -1.90. The van der Waals surface area contributed by atoms with Crippen LogP contribution in [0.4, 0.5) is 5.95 Å². The molecule has 0 aliphatic rings. The molecule has 7 heteroatoms. The number of imidazole rings is 1. The van der Waals surface area contributed by atoms with E-state index in [0.717, 1.165) is 9.13 Å². The Bertz CT molecular complexity index is 727. The Morgan fingerprint density at radius 2 is 2.21 bits per heavy atom. The zero-order chi connectivity index (χ0) is 13.2. The number of nitrogens with two attached hydrogens (primary N) is 1. The van der Waals surface area contributed by atoms with Crippen molar-refractivity contribution in [3.63, 3.8) is 0 Å². The van der Waals surface area contributed by atoms with Crippen molar-refractivity contribution in [2.45, 2.75) is 6.61 Å². The molecule has 6 nitrogen and oxygen atoms in total. The van der Waals surface area contributed by atoms with Gasteiger partial charge in [0.2, 0.25) is 11.8 Å². The summed E-state index contributed by atoms with van der Waals surface area (Å²) >= 11 is 2.26. The monoisotopic (exact) mass is 367 g/mol. The van der Waals surface area contributed by atoms with Crippen molar-refractivity contribution >= 4 is 39.7 Å². The minimum Gasteiger partial charge on any atom is -0.471 e. The van der Waals surface area contributed by atoms with E-state index in [4.69, 9.17) is 10.5 Å².